The van der Waals surface area contributed by atoms with Gasteiger partial charge in [0.2, 0.25) is 0 Å². The van der Waals surface area contributed by atoms with E-state index in [1.807, 2.05) is 60.7 Å². The normalized spacial score (nSPS) is 16.2. The lowest BCUT2D eigenvalue weighted by Crippen LogP contribution is -2.46. The molecule has 0 aliphatic carbocycles. The molecule has 3 rings (SSSR count). The highest BCUT2D eigenvalue weighted by Crippen LogP contribution is 2.19. The summed E-state index contributed by atoms with van der Waals surface area (Å²) in [6.45, 7) is 2.82. The molecular weight excluding hydrogens is 364 g/mol. The number of amides is 1. The fourth-order valence-corrected chi connectivity index (χ4v) is 3.27. The third-order valence-electron chi connectivity index (χ3n) is 4.69. The predicted octanol–water partition coefficient (Wildman–Crippen LogP) is 3.53. The van der Waals surface area contributed by atoms with Crippen LogP contribution in [0.5, 0.6) is 0 Å². The summed E-state index contributed by atoms with van der Waals surface area (Å²) in [5.41, 5.74) is 1.72. The van der Waals surface area contributed by atoms with Crippen LogP contribution in [0.25, 0.3) is 0 Å². The number of alkyl carbamates (subject to hydrolysis) is 1. The van der Waals surface area contributed by atoms with Gasteiger partial charge in [-0.05, 0) is 37.1 Å². The minimum absolute atomic E-state index is 0. The van der Waals surface area contributed by atoms with Gasteiger partial charge in [-0.25, -0.2) is 4.79 Å². The number of nitrogens with zero attached hydrogens (tertiary/aromatic N) is 1. The van der Waals surface area contributed by atoms with E-state index < -0.39 is 18.2 Å². The Kier molecular flexibility index (Phi) is 8.58. The number of hydrogen-bond donors (Lipinski definition) is 2. The summed E-state index contributed by atoms with van der Waals surface area (Å²) in [5.74, 6) is 0. The van der Waals surface area contributed by atoms with Gasteiger partial charge in [0.25, 0.3) is 0 Å². The summed E-state index contributed by atoms with van der Waals surface area (Å²) in [4.78, 5) is 14.5. The first-order chi connectivity index (χ1) is 12.7. The first-order valence-corrected chi connectivity index (χ1v) is 9.15. The number of nitrogens with one attached hydrogen (secondary N) is 1. The Morgan fingerprint density at radius 3 is 2.26 bits per heavy atom. The molecule has 0 bridgehead atoms. The van der Waals surface area contributed by atoms with Crippen molar-refractivity contribution in [3.05, 3.63) is 71.8 Å². The molecule has 1 fully saturated rings. The zero-order valence-electron chi connectivity index (χ0n) is 15.3. The van der Waals surface area contributed by atoms with Crippen molar-refractivity contribution in [1.29, 1.82) is 0 Å². The second-order valence-corrected chi connectivity index (χ2v) is 6.68. The zero-order chi connectivity index (χ0) is 18.2. The van der Waals surface area contributed by atoms with Gasteiger partial charge in [0.15, 0.2) is 0 Å². The van der Waals surface area contributed by atoms with Gasteiger partial charge in [-0.2, -0.15) is 0 Å². The summed E-state index contributed by atoms with van der Waals surface area (Å²) in [7, 11) is 0. The Bertz CT molecular complexity index is 678. The monoisotopic (exact) mass is 390 g/mol. The number of halogens is 1. The SMILES string of the molecule is Cl.O=C(N[C@H](CN1CCCC1)[C@H](O)c1ccccc1)OCc1ccccc1. The largest absolute Gasteiger partial charge is 0.445 e. The lowest BCUT2D eigenvalue weighted by atomic mass is 10.0. The van der Waals surface area contributed by atoms with Gasteiger partial charge >= 0.3 is 6.09 Å². The molecule has 0 aromatic heterocycles. The van der Waals surface area contributed by atoms with E-state index in [9.17, 15) is 9.90 Å². The van der Waals surface area contributed by atoms with E-state index in [1.54, 1.807) is 0 Å². The molecule has 0 unspecified atom stereocenters. The summed E-state index contributed by atoms with van der Waals surface area (Å²) in [5, 5.41) is 13.6. The number of carbonyl (C=O) groups is 1. The second-order valence-electron chi connectivity index (χ2n) is 6.68. The molecule has 1 heterocycles. The average Bonchev–Trinajstić information content (AvgIpc) is 3.20. The molecule has 1 saturated heterocycles. The number of hydrogen-bond acceptors (Lipinski definition) is 4. The maximum absolute atomic E-state index is 12.3. The van der Waals surface area contributed by atoms with Crippen LogP contribution in [0.3, 0.4) is 0 Å². The quantitative estimate of drug-likeness (QED) is 0.759. The molecule has 2 aromatic rings. The summed E-state index contributed by atoms with van der Waals surface area (Å²) >= 11 is 0. The molecule has 1 aliphatic rings. The van der Waals surface area contributed by atoms with Crippen LogP contribution in [0.15, 0.2) is 60.7 Å². The Hall–Kier alpha value is -2.08. The first kappa shape index (κ1) is 21.2. The van der Waals surface area contributed by atoms with Crippen LogP contribution in [0, 0.1) is 0 Å². The van der Waals surface area contributed by atoms with Gasteiger partial charge in [-0.1, -0.05) is 60.7 Å². The molecule has 146 valence electrons. The minimum atomic E-state index is -0.777. The summed E-state index contributed by atoms with van der Waals surface area (Å²) < 4.78 is 5.33. The number of likely N-dealkylation sites (tertiary alicyclic amines) is 1. The summed E-state index contributed by atoms with van der Waals surface area (Å²) in [6, 6.07) is 18.6. The lowest BCUT2D eigenvalue weighted by Gasteiger charge is -2.28. The number of aliphatic hydroxyl groups is 1. The van der Waals surface area contributed by atoms with Crippen LogP contribution in [0.1, 0.15) is 30.1 Å². The van der Waals surface area contributed by atoms with Crippen molar-refractivity contribution in [2.45, 2.75) is 31.6 Å². The molecule has 0 spiro atoms. The number of aliphatic hydroxyl groups excluding tert-OH is 1. The first-order valence-electron chi connectivity index (χ1n) is 9.15. The van der Waals surface area contributed by atoms with Gasteiger partial charge in [0.05, 0.1) is 6.04 Å². The van der Waals surface area contributed by atoms with Crippen LogP contribution >= 0.6 is 12.4 Å². The highest BCUT2D eigenvalue weighted by atomic mass is 35.5. The maximum Gasteiger partial charge on any atom is 0.407 e. The van der Waals surface area contributed by atoms with Gasteiger partial charge in [-0.3, -0.25) is 0 Å². The second kappa shape index (κ2) is 10.9. The zero-order valence-corrected chi connectivity index (χ0v) is 16.1. The molecule has 2 aromatic carbocycles. The van der Waals surface area contributed by atoms with Gasteiger partial charge < -0.3 is 20.1 Å². The third-order valence-corrected chi connectivity index (χ3v) is 4.69. The van der Waals surface area contributed by atoms with Crippen LogP contribution in [0.4, 0.5) is 4.79 Å². The van der Waals surface area contributed by atoms with Crippen molar-refractivity contribution in [3.8, 4) is 0 Å². The minimum Gasteiger partial charge on any atom is -0.445 e. The van der Waals surface area contributed by atoms with Gasteiger partial charge in [0, 0.05) is 6.54 Å². The predicted molar refractivity (Wildman–Crippen MR) is 108 cm³/mol. The van der Waals surface area contributed by atoms with Crippen molar-refractivity contribution in [1.82, 2.24) is 10.2 Å². The molecule has 6 heteroatoms. The smallest absolute Gasteiger partial charge is 0.407 e. The molecule has 0 radical (unpaired) electrons. The molecule has 1 aliphatic heterocycles. The average molecular weight is 391 g/mol. The fraction of sp³-hybridized carbons (Fsp3) is 0.381. The van der Waals surface area contributed by atoms with Crippen molar-refractivity contribution >= 4 is 18.5 Å². The van der Waals surface area contributed by atoms with Crippen LogP contribution < -0.4 is 5.32 Å². The van der Waals surface area contributed by atoms with Gasteiger partial charge in [0.1, 0.15) is 12.7 Å². The lowest BCUT2D eigenvalue weighted by molar-refractivity contribution is 0.0882. The van der Waals surface area contributed by atoms with Crippen LogP contribution in [0.2, 0.25) is 0 Å². The topological polar surface area (TPSA) is 61.8 Å². The fourth-order valence-electron chi connectivity index (χ4n) is 3.27. The van der Waals surface area contributed by atoms with E-state index in [0.29, 0.717) is 6.54 Å². The number of carbonyl (C=O) groups excluding carboxylic acids is 1. The maximum atomic E-state index is 12.3. The third kappa shape index (κ3) is 6.54. The van der Waals surface area contributed by atoms with E-state index in [4.69, 9.17) is 4.74 Å². The van der Waals surface area contributed by atoms with Crippen molar-refractivity contribution < 1.29 is 14.6 Å². The van der Waals surface area contributed by atoms with E-state index in [1.165, 1.54) is 0 Å². The van der Waals surface area contributed by atoms with E-state index in [0.717, 1.165) is 37.1 Å². The number of ether oxygens (including phenoxy) is 1. The Morgan fingerprint density at radius 1 is 1.04 bits per heavy atom. The standard InChI is InChI=1S/C21H26N2O3.ClH/c24-20(18-11-5-2-6-12-18)19(15-23-13-7-8-14-23)22-21(25)26-16-17-9-3-1-4-10-17;/h1-6,9-12,19-20,24H,7-8,13-16H2,(H,22,25);1H/t19-,20-;/m1./s1. The van der Waals surface area contributed by atoms with E-state index in [-0.39, 0.29) is 19.0 Å². The number of benzene rings is 2. The Labute approximate surface area is 166 Å². The van der Waals surface area contributed by atoms with Gasteiger partial charge in [-0.15, -0.1) is 12.4 Å². The molecule has 5 nitrogen and oxygen atoms in total. The number of rotatable bonds is 7. The van der Waals surface area contributed by atoms with Crippen molar-refractivity contribution in [2.75, 3.05) is 19.6 Å². The molecule has 0 saturated carbocycles. The van der Waals surface area contributed by atoms with E-state index in [2.05, 4.69) is 10.2 Å². The highest BCUT2D eigenvalue weighted by molar-refractivity contribution is 5.85. The molecule has 2 N–H and O–H groups in total. The van der Waals surface area contributed by atoms with E-state index >= 15 is 0 Å². The Balaban J connectivity index is 0.00000261. The highest BCUT2D eigenvalue weighted by Gasteiger charge is 2.27. The molecule has 27 heavy (non-hydrogen) atoms. The Morgan fingerprint density at radius 2 is 1.63 bits per heavy atom. The van der Waals surface area contributed by atoms with Crippen LogP contribution in [-0.4, -0.2) is 41.8 Å². The molecular formula is C21H27ClN2O3. The van der Waals surface area contributed by atoms with Crippen molar-refractivity contribution in [2.24, 2.45) is 0 Å². The van der Waals surface area contributed by atoms with Crippen molar-refractivity contribution in [3.63, 3.8) is 0 Å². The summed E-state index contributed by atoms with van der Waals surface area (Å²) in [6.07, 6.45) is 1.04. The molecule has 2 atom stereocenters. The van der Waals surface area contributed by atoms with Crippen LogP contribution in [-0.2, 0) is 11.3 Å². The molecule has 1 amide bonds.